The molecule has 0 saturated heterocycles. The molecular formula is C16H18B9N5O2. The molecule has 1 heterocycles. The summed E-state index contributed by atoms with van der Waals surface area (Å²) < 4.78 is 0. The van der Waals surface area contributed by atoms with Gasteiger partial charge in [-0.05, 0) is 30.7 Å². The van der Waals surface area contributed by atoms with Gasteiger partial charge in [0.1, 0.15) is 5.82 Å². The predicted molar refractivity (Wildman–Crippen MR) is 133 cm³/mol. The van der Waals surface area contributed by atoms with Crippen molar-refractivity contribution in [3.8, 4) is 0 Å². The quantitative estimate of drug-likeness (QED) is 0.351. The summed E-state index contributed by atoms with van der Waals surface area (Å²) in [6, 6.07) is -0.195. The summed E-state index contributed by atoms with van der Waals surface area (Å²) in [5, 5.41) is 8.71. The SMILES string of the molecule is [B]C([B])([B])C(Nc1ncc(C(N)=O)c(NC2CCC(C)C(O)C2)n1)(C([B])([B])[B])C([B])([B])[B]. The Bertz CT molecular complexity index is 805. The number of aliphatic hydroxyl groups is 1. The van der Waals surface area contributed by atoms with E-state index in [1.54, 1.807) is 0 Å². The van der Waals surface area contributed by atoms with E-state index >= 15 is 0 Å². The molecule has 3 unspecified atom stereocenters. The van der Waals surface area contributed by atoms with Crippen LogP contribution in [-0.2, 0) is 0 Å². The van der Waals surface area contributed by atoms with Gasteiger partial charge in [0.2, 0.25) is 5.95 Å². The third-order valence-electron chi connectivity index (χ3n) is 5.80. The summed E-state index contributed by atoms with van der Waals surface area (Å²) in [6.45, 7) is 1.96. The van der Waals surface area contributed by atoms with E-state index in [0.717, 1.165) is 19.0 Å². The van der Waals surface area contributed by atoms with E-state index in [9.17, 15) is 9.90 Å². The standard InChI is InChI=1S/C16H18B9N5O2/c1-6-2-3-7(4-9(6)31)28-11-8(10(26)32)5-27-12(29-11)30-13(14(17,18)19,15(20,21)22)16(23,24)25/h5-7,9,31H,2-4H2,1H3,(H2,26,32)(H2,27,28,29,30). The molecule has 0 spiro atoms. The van der Waals surface area contributed by atoms with Crippen molar-refractivity contribution >= 4 is 88.3 Å². The fourth-order valence-corrected chi connectivity index (χ4v) is 3.97. The monoisotopic (exact) mass is 411 g/mol. The zero-order chi connectivity index (χ0) is 24.7. The molecule has 16 heteroatoms. The van der Waals surface area contributed by atoms with Gasteiger partial charge in [-0.3, -0.25) is 4.79 Å². The van der Waals surface area contributed by atoms with Gasteiger partial charge in [-0.1, -0.05) is 6.92 Å². The lowest BCUT2D eigenvalue weighted by molar-refractivity contribution is 0.0739. The first-order valence-corrected chi connectivity index (χ1v) is 9.90. The van der Waals surface area contributed by atoms with E-state index < -0.39 is 32.9 Å². The minimum atomic E-state index is -2.38. The van der Waals surface area contributed by atoms with Crippen molar-refractivity contribution in [1.29, 1.82) is 0 Å². The summed E-state index contributed by atoms with van der Waals surface area (Å²) in [6.07, 6.45) is 2.54. The normalized spacial score (nSPS) is 22.8. The first-order valence-electron chi connectivity index (χ1n) is 9.90. The second-order valence-corrected chi connectivity index (χ2v) is 8.69. The molecule has 5 N–H and O–H groups in total. The number of hydrogen-bond donors (Lipinski definition) is 4. The first kappa shape index (κ1) is 26.9. The van der Waals surface area contributed by atoms with Gasteiger partial charge >= 0.3 is 0 Å². The van der Waals surface area contributed by atoms with Crippen molar-refractivity contribution in [2.24, 2.45) is 11.7 Å². The number of hydrogen-bond acceptors (Lipinski definition) is 6. The zero-order valence-corrected chi connectivity index (χ0v) is 18.0. The maximum absolute atomic E-state index is 11.9. The van der Waals surface area contributed by atoms with Crippen LogP contribution in [-0.4, -0.2) is 109 Å². The van der Waals surface area contributed by atoms with Crippen LogP contribution in [0.1, 0.15) is 36.5 Å². The summed E-state index contributed by atoms with van der Waals surface area (Å²) >= 11 is 0. The number of rotatable bonds is 8. The maximum Gasteiger partial charge on any atom is 0.254 e. The molecular weight excluding hydrogens is 392 g/mol. The van der Waals surface area contributed by atoms with Gasteiger partial charge in [0.05, 0.1) is 82.3 Å². The number of carbonyl (C=O) groups excluding carboxylic acids is 1. The third-order valence-corrected chi connectivity index (χ3v) is 5.80. The van der Waals surface area contributed by atoms with E-state index in [-0.39, 0.29) is 29.3 Å². The van der Waals surface area contributed by atoms with E-state index in [1.165, 1.54) is 0 Å². The second kappa shape index (κ2) is 9.15. The highest BCUT2D eigenvalue weighted by Crippen LogP contribution is 2.55. The third kappa shape index (κ3) is 5.26. The molecule has 1 aromatic heterocycles. The molecule has 0 bridgehead atoms. The largest absolute Gasteiger partial charge is 0.393 e. The topological polar surface area (TPSA) is 113 Å². The molecule has 146 valence electrons. The number of nitrogens with zero attached hydrogens (tertiary/aromatic N) is 2. The fourth-order valence-electron chi connectivity index (χ4n) is 3.97. The summed E-state index contributed by atoms with van der Waals surface area (Å²) in [5.41, 5.74) is 3.04. The zero-order valence-electron chi connectivity index (χ0n) is 18.0. The average Bonchev–Trinajstić information content (AvgIpc) is 2.59. The Morgan fingerprint density at radius 1 is 1.06 bits per heavy atom. The number of nitrogens with one attached hydrogen (secondary N) is 2. The number of primary amides is 1. The number of carbonyl (C=O) groups is 1. The number of anilines is 2. The van der Waals surface area contributed by atoms with Crippen LogP contribution in [0.3, 0.4) is 0 Å². The first-order chi connectivity index (χ1) is 14.4. The molecule has 3 atom stereocenters. The molecule has 1 fully saturated rings. The maximum atomic E-state index is 11.9. The minimum Gasteiger partial charge on any atom is -0.393 e. The van der Waals surface area contributed by atoms with Crippen molar-refractivity contribution in [1.82, 2.24) is 9.97 Å². The molecule has 7 nitrogen and oxygen atoms in total. The number of aliphatic hydroxyl groups excluding tert-OH is 1. The van der Waals surface area contributed by atoms with Crippen LogP contribution in [0.2, 0.25) is 15.3 Å². The van der Waals surface area contributed by atoms with E-state index in [0.29, 0.717) is 6.42 Å². The molecule has 0 aliphatic heterocycles. The Balaban J connectivity index is 2.51. The van der Waals surface area contributed by atoms with Crippen LogP contribution in [0.15, 0.2) is 6.20 Å². The number of nitrogens with two attached hydrogens (primary N) is 1. The van der Waals surface area contributed by atoms with Crippen molar-refractivity contribution in [3.05, 3.63) is 11.8 Å². The Kier molecular flexibility index (Phi) is 7.70. The van der Waals surface area contributed by atoms with E-state index in [2.05, 4.69) is 20.6 Å². The van der Waals surface area contributed by atoms with Crippen LogP contribution in [0.5, 0.6) is 0 Å². The lowest BCUT2D eigenvalue weighted by Gasteiger charge is -2.65. The van der Waals surface area contributed by atoms with Crippen LogP contribution in [0.4, 0.5) is 11.8 Å². The summed E-state index contributed by atoms with van der Waals surface area (Å²) in [4.78, 5) is 20.1. The van der Waals surface area contributed by atoms with Gasteiger partial charge in [-0.15, -0.1) is 15.3 Å². The molecule has 32 heavy (non-hydrogen) atoms. The molecule has 1 aromatic rings. The molecule has 2 rings (SSSR count). The summed E-state index contributed by atoms with van der Waals surface area (Å²) in [5.74, 6) is -0.847. The van der Waals surface area contributed by atoms with E-state index in [4.69, 9.17) is 76.4 Å². The molecule has 1 aliphatic carbocycles. The van der Waals surface area contributed by atoms with Crippen LogP contribution in [0.25, 0.3) is 0 Å². The smallest absolute Gasteiger partial charge is 0.254 e. The lowest BCUT2D eigenvalue weighted by Crippen LogP contribution is -2.67. The molecule has 0 aromatic carbocycles. The lowest BCUT2D eigenvalue weighted by atomic mass is 9.12. The van der Waals surface area contributed by atoms with Crippen molar-refractivity contribution in [2.75, 3.05) is 10.6 Å². The average molecular weight is 410 g/mol. The van der Waals surface area contributed by atoms with E-state index in [1.807, 2.05) is 6.92 Å². The molecule has 1 saturated carbocycles. The Labute approximate surface area is 201 Å². The van der Waals surface area contributed by atoms with Gasteiger partial charge in [0.15, 0.2) is 0 Å². The van der Waals surface area contributed by atoms with Gasteiger partial charge in [-0.25, -0.2) is 4.98 Å². The van der Waals surface area contributed by atoms with Crippen molar-refractivity contribution in [3.63, 3.8) is 0 Å². The van der Waals surface area contributed by atoms with Gasteiger partial charge in [0, 0.05) is 12.2 Å². The highest BCUT2D eigenvalue weighted by atomic mass is 16.3. The Hall–Kier alpha value is -1.31. The Morgan fingerprint density at radius 2 is 1.59 bits per heavy atom. The fraction of sp³-hybridized carbons (Fsp3) is 0.688. The predicted octanol–water partition coefficient (Wildman–Crippen LogP) is -2.57. The number of aromatic nitrogens is 2. The van der Waals surface area contributed by atoms with Crippen molar-refractivity contribution in [2.45, 2.75) is 59.2 Å². The van der Waals surface area contributed by atoms with Gasteiger partial charge in [-0.2, -0.15) is 4.98 Å². The summed E-state index contributed by atoms with van der Waals surface area (Å²) in [7, 11) is 52.8. The Morgan fingerprint density at radius 3 is 2.03 bits per heavy atom. The van der Waals surface area contributed by atoms with Crippen molar-refractivity contribution < 1.29 is 9.90 Å². The second-order valence-electron chi connectivity index (χ2n) is 8.69. The van der Waals surface area contributed by atoms with Gasteiger partial charge in [0.25, 0.3) is 5.91 Å². The van der Waals surface area contributed by atoms with Crippen LogP contribution < -0.4 is 16.4 Å². The number of amides is 1. The molecule has 1 amide bonds. The van der Waals surface area contributed by atoms with Crippen LogP contribution >= 0.6 is 0 Å². The highest BCUT2D eigenvalue weighted by Gasteiger charge is 2.54. The minimum absolute atomic E-state index is 0.0206. The highest BCUT2D eigenvalue weighted by molar-refractivity contribution is 6.71. The molecule has 18 radical (unpaired) electrons. The van der Waals surface area contributed by atoms with Crippen LogP contribution in [0, 0.1) is 5.92 Å². The molecule has 1 aliphatic rings. The van der Waals surface area contributed by atoms with Gasteiger partial charge < -0.3 is 21.5 Å².